The molecule has 3 rings (SSSR count). The van der Waals surface area contributed by atoms with E-state index in [9.17, 15) is 18.4 Å². The van der Waals surface area contributed by atoms with Crippen molar-refractivity contribution < 1.29 is 27.5 Å². The Morgan fingerprint density at radius 3 is 2.65 bits per heavy atom. The van der Waals surface area contributed by atoms with Crippen molar-refractivity contribution in [3.63, 3.8) is 0 Å². The van der Waals surface area contributed by atoms with Gasteiger partial charge in [-0.15, -0.1) is 0 Å². The molecule has 1 aliphatic heterocycles. The number of alkyl halides is 2. The molecule has 8 heteroatoms. The Bertz CT molecular complexity index is 747. The fraction of sp³-hybridized carbons (Fsp3) is 0.333. The molecule has 1 aromatic carbocycles. The number of benzene rings is 1. The average Bonchev–Trinajstić information content (AvgIpc) is 3.16. The SMILES string of the molecule is O=C(NC1CCCN(C(=O)c2ccco2)C1)c1ccc(OC(F)F)cc1. The summed E-state index contributed by atoms with van der Waals surface area (Å²) in [4.78, 5) is 26.3. The molecule has 2 aromatic rings. The number of carbonyl (C=O) groups is 2. The van der Waals surface area contributed by atoms with Crippen LogP contribution in [0.15, 0.2) is 47.1 Å². The molecule has 1 N–H and O–H groups in total. The minimum absolute atomic E-state index is 0.00978. The third-order valence-electron chi connectivity index (χ3n) is 4.12. The summed E-state index contributed by atoms with van der Waals surface area (Å²) in [6.45, 7) is -1.92. The number of piperidine rings is 1. The second kappa shape index (κ2) is 7.99. The number of rotatable bonds is 5. The Morgan fingerprint density at radius 1 is 1.23 bits per heavy atom. The maximum absolute atomic E-state index is 12.3. The minimum atomic E-state index is -2.91. The zero-order valence-electron chi connectivity index (χ0n) is 13.9. The van der Waals surface area contributed by atoms with Gasteiger partial charge < -0.3 is 19.4 Å². The molecule has 2 amide bonds. The molecule has 2 heterocycles. The van der Waals surface area contributed by atoms with E-state index in [0.29, 0.717) is 18.7 Å². The maximum atomic E-state index is 12.3. The molecule has 1 aliphatic rings. The normalized spacial score (nSPS) is 17.2. The van der Waals surface area contributed by atoms with Crippen LogP contribution in [0.4, 0.5) is 8.78 Å². The number of carbonyl (C=O) groups excluding carboxylic acids is 2. The minimum Gasteiger partial charge on any atom is -0.459 e. The third kappa shape index (κ3) is 4.38. The Kier molecular flexibility index (Phi) is 5.50. The molecule has 0 saturated carbocycles. The quantitative estimate of drug-likeness (QED) is 0.886. The lowest BCUT2D eigenvalue weighted by Crippen LogP contribution is -2.49. The Balaban J connectivity index is 1.57. The number of amides is 2. The number of hydrogen-bond donors (Lipinski definition) is 1. The van der Waals surface area contributed by atoms with Crippen LogP contribution in [0.2, 0.25) is 0 Å². The largest absolute Gasteiger partial charge is 0.459 e. The first kappa shape index (κ1) is 17.9. The summed E-state index contributed by atoms with van der Waals surface area (Å²) >= 11 is 0. The van der Waals surface area contributed by atoms with E-state index in [1.807, 2.05) is 0 Å². The molecule has 1 atom stereocenters. The molecule has 6 nitrogen and oxygen atoms in total. The van der Waals surface area contributed by atoms with Gasteiger partial charge in [-0.25, -0.2) is 0 Å². The zero-order valence-corrected chi connectivity index (χ0v) is 13.9. The molecular weight excluding hydrogens is 346 g/mol. The molecule has 1 unspecified atom stereocenters. The smallest absolute Gasteiger partial charge is 0.387 e. The summed E-state index contributed by atoms with van der Waals surface area (Å²) in [6.07, 6.45) is 2.96. The van der Waals surface area contributed by atoms with E-state index < -0.39 is 6.61 Å². The zero-order chi connectivity index (χ0) is 18.5. The molecule has 1 saturated heterocycles. The van der Waals surface area contributed by atoms with Gasteiger partial charge in [0.1, 0.15) is 5.75 Å². The predicted octanol–water partition coefficient (Wildman–Crippen LogP) is 2.92. The standard InChI is InChI=1S/C18H18F2N2O4/c19-18(20)26-14-7-5-12(6-8-14)16(23)21-13-3-1-9-22(11-13)17(24)15-4-2-10-25-15/h2,4-8,10,13,18H,1,3,9,11H2,(H,21,23). The summed E-state index contributed by atoms with van der Waals surface area (Å²) in [5.74, 6) is -0.274. The summed E-state index contributed by atoms with van der Waals surface area (Å²) in [7, 11) is 0. The molecule has 0 bridgehead atoms. The highest BCUT2D eigenvalue weighted by Gasteiger charge is 2.27. The van der Waals surface area contributed by atoms with E-state index in [1.165, 1.54) is 30.5 Å². The van der Waals surface area contributed by atoms with Gasteiger partial charge in [0.25, 0.3) is 11.8 Å². The van der Waals surface area contributed by atoms with Crippen molar-refractivity contribution in [3.8, 4) is 5.75 Å². The van der Waals surface area contributed by atoms with Gasteiger partial charge in [-0.2, -0.15) is 8.78 Å². The first-order chi connectivity index (χ1) is 12.5. The van der Waals surface area contributed by atoms with Gasteiger partial charge in [-0.3, -0.25) is 9.59 Å². The van der Waals surface area contributed by atoms with Crippen LogP contribution in [0.1, 0.15) is 33.8 Å². The molecule has 1 aromatic heterocycles. The van der Waals surface area contributed by atoms with Crippen molar-refractivity contribution in [2.24, 2.45) is 0 Å². The highest BCUT2D eigenvalue weighted by Crippen LogP contribution is 2.17. The first-order valence-electron chi connectivity index (χ1n) is 8.21. The second-order valence-electron chi connectivity index (χ2n) is 5.94. The molecule has 138 valence electrons. The third-order valence-corrected chi connectivity index (χ3v) is 4.12. The number of nitrogens with zero attached hydrogens (tertiary/aromatic N) is 1. The average molecular weight is 364 g/mol. The van der Waals surface area contributed by atoms with Gasteiger partial charge in [0.05, 0.1) is 6.26 Å². The van der Waals surface area contributed by atoms with Crippen LogP contribution in [0, 0.1) is 0 Å². The fourth-order valence-corrected chi connectivity index (χ4v) is 2.89. The van der Waals surface area contributed by atoms with Crippen LogP contribution in [0.25, 0.3) is 0 Å². The van der Waals surface area contributed by atoms with Gasteiger partial charge in [0, 0.05) is 24.7 Å². The first-order valence-corrected chi connectivity index (χ1v) is 8.21. The van der Waals surface area contributed by atoms with Crippen molar-refractivity contribution in [3.05, 3.63) is 54.0 Å². The van der Waals surface area contributed by atoms with Crippen LogP contribution in [-0.2, 0) is 0 Å². The van der Waals surface area contributed by atoms with Crippen LogP contribution in [-0.4, -0.2) is 42.5 Å². The van der Waals surface area contributed by atoms with Crippen molar-refractivity contribution in [2.45, 2.75) is 25.5 Å². The Hall–Kier alpha value is -2.90. The lowest BCUT2D eigenvalue weighted by Gasteiger charge is -2.32. The summed E-state index contributed by atoms with van der Waals surface area (Å²) in [6, 6.07) is 8.53. The molecule has 0 radical (unpaired) electrons. The number of furan rings is 1. The van der Waals surface area contributed by atoms with Crippen LogP contribution >= 0.6 is 0 Å². The van der Waals surface area contributed by atoms with Crippen molar-refractivity contribution in [1.29, 1.82) is 0 Å². The topological polar surface area (TPSA) is 71.8 Å². The number of ether oxygens (including phenoxy) is 1. The van der Waals surface area contributed by atoms with Crippen molar-refractivity contribution in [2.75, 3.05) is 13.1 Å². The highest BCUT2D eigenvalue weighted by atomic mass is 19.3. The number of hydrogen-bond acceptors (Lipinski definition) is 4. The summed E-state index contributed by atoms with van der Waals surface area (Å²) < 4.78 is 33.7. The van der Waals surface area contributed by atoms with E-state index >= 15 is 0 Å². The molecule has 26 heavy (non-hydrogen) atoms. The maximum Gasteiger partial charge on any atom is 0.387 e. The van der Waals surface area contributed by atoms with Gasteiger partial charge >= 0.3 is 6.61 Å². The highest BCUT2D eigenvalue weighted by molar-refractivity contribution is 5.95. The molecule has 0 aliphatic carbocycles. The summed E-state index contributed by atoms with van der Waals surface area (Å²) in [5.41, 5.74) is 0.334. The number of nitrogens with one attached hydrogen (secondary N) is 1. The van der Waals surface area contributed by atoms with E-state index in [2.05, 4.69) is 10.1 Å². The van der Waals surface area contributed by atoms with Crippen molar-refractivity contribution >= 4 is 11.8 Å². The summed E-state index contributed by atoms with van der Waals surface area (Å²) in [5, 5.41) is 2.87. The van der Waals surface area contributed by atoms with Gasteiger partial charge in [0.15, 0.2) is 5.76 Å². The van der Waals surface area contributed by atoms with Crippen molar-refractivity contribution in [1.82, 2.24) is 10.2 Å². The Labute approximate surface area is 148 Å². The molecule has 0 spiro atoms. The van der Waals surface area contributed by atoms with E-state index in [1.54, 1.807) is 17.0 Å². The molecular formula is C18H18F2N2O4. The van der Waals surface area contributed by atoms with E-state index in [-0.39, 0.29) is 29.4 Å². The lowest BCUT2D eigenvalue weighted by atomic mass is 10.0. The van der Waals surface area contributed by atoms with Crippen LogP contribution in [0.3, 0.4) is 0 Å². The van der Waals surface area contributed by atoms with Crippen LogP contribution in [0.5, 0.6) is 5.75 Å². The van der Waals surface area contributed by atoms with Gasteiger partial charge in [-0.1, -0.05) is 0 Å². The monoisotopic (exact) mass is 364 g/mol. The van der Waals surface area contributed by atoms with Crippen LogP contribution < -0.4 is 10.1 Å². The number of halogens is 2. The lowest BCUT2D eigenvalue weighted by molar-refractivity contribution is -0.0498. The predicted molar refractivity (Wildman–Crippen MR) is 88.2 cm³/mol. The number of likely N-dealkylation sites (tertiary alicyclic amines) is 1. The van der Waals surface area contributed by atoms with Gasteiger partial charge in [-0.05, 0) is 49.2 Å². The Morgan fingerprint density at radius 2 is 2.00 bits per heavy atom. The fourth-order valence-electron chi connectivity index (χ4n) is 2.89. The second-order valence-corrected chi connectivity index (χ2v) is 5.94. The molecule has 1 fully saturated rings. The van der Waals surface area contributed by atoms with E-state index in [0.717, 1.165) is 12.8 Å². The van der Waals surface area contributed by atoms with E-state index in [4.69, 9.17) is 4.42 Å². The van der Waals surface area contributed by atoms with Gasteiger partial charge in [0.2, 0.25) is 0 Å².